The van der Waals surface area contributed by atoms with Crippen molar-refractivity contribution in [3.63, 3.8) is 0 Å². The summed E-state index contributed by atoms with van der Waals surface area (Å²) in [6, 6.07) is 3.82. The van der Waals surface area contributed by atoms with Crippen LogP contribution >= 0.6 is 22.6 Å². The number of rotatable bonds is 3. The Morgan fingerprint density at radius 3 is 2.89 bits per heavy atom. The van der Waals surface area contributed by atoms with Crippen LogP contribution in [0.15, 0.2) is 18.3 Å². The molecule has 2 aliphatic carbocycles. The van der Waals surface area contributed by atoms with Gasteiger partial charge in [0.1, 0.15) is 5.82 Å². The van der Waals surface area contributed by atoms with Crippen LogP contribution in [0, 0.1) is 21.3 Å². The summed E-state index contributed by atoms with van der Waals surface area (Å²) in [4.78, 5) is 16.2. The average molecular weight is 356 g/mol. The van der Waals surface area contributed by atoms with Crippen LogP contribution in [0.25, 0.3) is 0 Å². The molecule has 3 nitrogen and oxygen atoms in total. The van der Waals surface area contributed by atoms with E-state index in [2.05, 4.69) is 32.9 Å². The van der Waals surface area contributed by atoms with Crippen molar-refractivity contribution in [2.24, 2.45) is 17.8 Å². The number of fused-ring (bicyclic) bond motifs is 2. The second kappa shape index (κ2) is 5.15. The summed E-state index contributed by atoms with van der Waals surface area (Å²) in [6.45, 7) is 0. The van der Waals surface area contributed by atoms with Crippen LogP contribution in [-0.2, 0) is 4.79 Å². The molecule has 1 aromatic heterocycles. The van der Waals surface area contributed by atoms with Gasteiger partial charge in [-0.25, -0.2) is 4.98 Å². The van der Waals surface area contributed by atoms with Crippen molar-refractivity contribution in [1.29, 1.82) is 0 Å². The molecule has 3 unspecified atom stereocenters. The summed E-state index contributed by atoms with van der Waals surface area (Å²) in [5.41, 5.74) is 0. The molecule has 0 saturated heterocycles. The normalized spacial score (nSPS) is 29.5. The first-order valence-electron chi connectivity index (χ1n) is 6.62. The third-order valence-corrected chi connectivity index (χ3v) is 4.97. The molecular weight excluding hydrogens is 339 g/mol. The van der Waals surface area contributed by atoms with E-state index in [4.69, 9.17) is 0 Å². The topological polar surface area (TPSA) is 42.0 Å². The maximum absolute atomic E-state index is 12.0. The van der Waals surface area contributed by atoms with Gasteiger partial charge < -0.3 is 5.32 Å². The van der Waals surface area contributed by atoms with Crippen LogP contribution in [-0.4, -0.2) is 10.9 Å². The molecule has 0 aromatic carbocycles. The number of halogens is 1. The molecule has 0 radical (unpaired) electrons. The highest BCUT2D eigenvalue weighted by molar-refractivity contribution is 14.1. The lowest BCUT2D eigenvalue weighted by molar-refractivity contribution is -0.117. The zero-order chi connectivity index (χ0) is 12.5. The molecule has 1 heterocycles. The number of nitrogens with zero attached hydrogens (tertiary/aromatic N) is 1. The molecule has 2 fully saturated rings. The van der Waals surface area contributed by atoms with Gasteiger partial charge in [-0.3, -0.25) is 4.79 Å². The van der Waals surface area contributed by atoms with Crippen LogP contribution in [0.4, 0.5) is 5.82 Å². The van der Waals surface area contributed by atoms with E-state index in [0.29, 0.717) is 18.2 Å². The van der Waals surface area contributed by atoms with Crippen LogP contribution in [0.5, 0.6) is 0 Å². The van der Waals surface area contributed by atoms with E-state index in [9.17, 15) is 4.79 Å². The van der Waals surface area contributed by atoms with Crippen molar-refractivity contribution < 1.29 is 4.79 Å². The zero-order valence-corrected chi connectivity index (χ0v) is 12.4. The average Bonchev–Trinajstić information content (AvgIpc) is 2.94. The van der Waals surface area contributed by atoms with E-state index in [1.54, 1.807) is 6.20 Å². The van der Waals surface area contributed by atoms with Crippen LogP contribution in [0.3, 0.4) is 0 Å². The first kappa shape index (κ1) is 12.4. The van der Waals surface area contributed by atoms with Crippen LogP contribution in [0.1, 0.15) is 32.1 Å². The third kappa shape index (κ3) is 2.68. The first-order valence-corrected chi connectivity index (χ1v) is 7.70. The number of hydrogen-bond acceptors (Lipinski definition) is 2. The molecule has 0 aliphatic heterocycles. The molecule has 2 saturated carbocycles. The van der Waals surface area contributed by atoms with Crippen LogP contribution in [0.2, 0.25) is 0 Å². The van der Waals surface area contributed by atoms with E-state index in [0.717, 1.165) is 15.4 Å². The van der Waals surface area contributed by atoms with Crippen molar-refractivity contribution in [2.45, 2.75) is 32.1 Å². The van der Waals surface area contributed by atoms with Crippen molar-refractivity contribution in [2.75, 3.05) is 5.32 Å². The molecule has 2 bridgehead atoms. The Morgan fingerprint density at radius 2 is 2.28 bits per heavy atom. The lowest BCUT2D eigenvalue weighted by atomic mass is 9.86. The molecule has 3 rings (SSSR count). The number of pyridine rings is 1. The van der Waals surface area contributed by atoms with Crippen molar-refractivity contribution in [1.82, 2.24) is 4.98 Å². The fraction of sp³-hybridized carbons (Fsp3) is 0.571. The van der Waals surface area contributed by atoms with Crippen molar-refractivity contribution in [3.05, 3.63) is 21.9 Å². The summed E-state index contributed by atoms with van der Waals surface area (Å²) >= 11 is 2.21. The van der Waals surface area contributed by atoms with Gasteiger partial charge in [0.25, 0.3) is 0 Å². The van der Waals surface area contributed by atoms with Gasteiger partial charge in [0.05, 0.1) is 0 Å². The number of nitrogens with one attached hydrogen (secondary N) is 1. The second-order valence-electron chi connectivity index (χ2n) is 5.55. The third-order valence-electron chi connectivity index (χ3n) is 4.33. The fourth-order valence-corrected chi connectivity index (χ4v) is 3.83. The van der Waals surface area contributed by atoms with Crippen molar-refractivity contribution >= 4 is 34.3 Å². The molecule has 4 heteroatoms. The molecule has 1 aromatic rings. The van der Waals surface area contributed by atoms with Gasteiger partial charge in [-0.05, 0) is 71.7 Å². The quantitative estimate of drug-likeness (QED) is 0.843. The van der Waals surface area contributed by atoms with Gasteiger partial charge in [0.15, 0.2) is 0 Å². The maximum Gasteiger partial charge on any atom is 0.225 e. The zero-order valence-electron chi connectivity index (χ0n) is 10.2. The van der Waals surface area contributed by atoms with Gasteiger partial charge in [-0.1, -0.05) is 6.42 Å². The summed E-state index contributed by atoms with van der Waals surface area (Å²) in [7, 11) is 0. The number of carbonyl (C=O) groups is 1. The Labute approximate surface area is 121 Å². The number of anilines is 1. The van der Waals surface area contributed by atoms with E-state index >= 15 is 0 Å². The lowest BCUT2D eigenvalue weighted by Crippen LogP contribution is -2.20. The summed E-state index contributed by atoms with van der Waals surface area (Å²) < 4.78 is 1.08. The summed E-state index contributed by atoms with van der Waals surface area (Å²) in [5.74, 6) is 3.13. The number of aromatic nitrogens is 1. The SMILES string of the molecule is O=C(CC1CC2CCC1C2)Nc1ccc(I)cn1. The molecule has 1 N–H and O–H groups in total. The minimum atomic E-state index is 0.126. The monoisotopic (exact) mass is 356 g/mol. The highest BCUT2D eigenvalue weighted by Gasteiger charge is 2.40. The molecule has 18 heavy (non-hydrogen) atoms. The maximum atomic E-state index is 12.0. The van der Waals surface area contributed by atoms with Gasteiger partial charge >= 0.3 is 0 Å². The molecular formula is C14H17IN2O. The highest BCUT2D eigenvalue weighted by Crippen LogP contribution is 2.49. The number of carbonyl (C=O) groups excluding carboxylic acids is 1. The minimum Gasteiger partial charge on any atom is -0.311 e. The Balaban J connectivity index is 1.54. The molecule has 0 spiro atoms. The first-order chi connectivity index (χ1) is 8.70. The lowest BCUT2D eigenvalue weighted by Gasteiger charge is -2.20. The van der Waals surface area contributed by atoms with E-state index < -0.39 is 0 Å². The molecule has 96 valence electrons. The Bertz CT molecular complexity index is 446. The van der Waals surface area contributed by atoms with Gasteiger partial charge in [-0.15, -0.1) is 0 Å². The van der Waals surface area contributed by atoms with Gasteiger partial charge in [0, 0.05) is 16.2 Å². The molecule has 2 aliphatic rings. The van der Waals surface area contributed by atoms with E-state index in [1.807, 2.05) is 12.1 Å². The minimum absolute atomic E-state index is 0.126. The second-order valence-corrected chi connectivity index (χ2v) is 6.79. The predicted molar refractivity (Wildman–Crippen MR) is 79.1 cm³/mol. The fourth-order valence-electron chi connectivity index (χ4n) is 3.51. The predicted octanol–water partition coefficient (Wildman–Crippen LogP) is 3.45. The Hall–Kier alpha value is -0.650. The summed E-state index contributed by atoms with van der Waals surface area (Å²) in [6.07, 6.45) is 7.80. The molecule has 1 amide bonds. The standard InChI is InChI=1S/C14H17IN2O/c15-12-3-4-13(16-8-12)17-14(18)7-11-6-9-1-2-10(11)5-9/h3-4,8-11H,1-2,5-7H2,(H,16,17,18). The summed E-state index contributed by atoms with van der Waals surface area (Å²) in [5, 5.41) is 2.90. The van der Waals surface area contributed by atoms with E-state index in [1.165, 1.54) is 25.7 Å². The Kier molecular flexibility index (Phi) is 3.54. The van der Waals surface area contributed by atoms with Gasteiger partial charge in [-0.2, -0.15) is 0 Å². The smallest absolute Gasteiger partial charge is 0.225 e. The van der Waals surface area contributed by atoms with E-state index in [-0.39, 0.29) is 5.91 Å². The largest absolute Gasteiger partial charge is 0.311 e. The van der Waals surface area contributed by atoms with Crippen molar-refractivity contribution in [3.8, 4) is 0 Å². The Morgan fingerprint density at radius 1 is 1.39 bits per heavy atom. The molecule has 3 atom stereocenters. The number of hydrogen-bond donors (Lipinski definition) is 1. The number of amides is 1. The highest BCUT2D eigenvalue weighted by atomic mass is 127. The van der Waals surface area contributed by atoms with Crippen LogP contribution < -0.4 is 5.32 Å². The van der Waals surface area contributed by atoms with Gasteiger partial charge in [0.2, 0.25) is 5.91 Å².